The minimum atomic E-state index is -4.47. The summed E-state index contributed by atoms with van der Waals surface area (Å²) in [7, 11) is 0. The van der Waals surface area contributed by atoms with E-state index in [-0.39, 0.29) is 6.42 Å². The van der Waals surface area contributed by atoms with Gasteiger partial charge in [0.05, 0.1) is 12.0 Å². The molecule has 9 heteroatoms. The van der Waals surface area contributed by atoms with Crippen LogP contribution in [0.1, 0.15) is 18.1 Å². The fourth-order valence-electron chi connectivity index (χ4n) is 2.17. The number of amides is 3. The summed E-state index contributed by atoms with van der Waals surface area (Å²) in [4.78, 5) is 35.5. The summed E-state index contributed by atoms with van der Waals surface area (Å²) in [5, 5.41) is 4.47. The van der Waals surface area contributed by atoms with Gasteiger partial charge in [-0.15, -0.1) is 0 Å². The fraction of sp³-hybridized carbons (Fsp3) is 0.211. The first-order valence-corrected chi connectivity index (χ1v) is 8.17. The summed E-state index contributed by atoms with van der Waals surface area (Å²) in [5.41, 5.74) is -0.0611. The molecule has 0 aliphatic carbocycles. The maximum Gasteiger partial charge on any atom is 0.416 e. The van der Waals surface area contributed by atoms with Gasteiger partial charge in [0.2, 0.25) is 0 Å². The van der Waals surface area contributed by atoms with Crippen LogP contribution in [0.2, 0.25) is 0 Å². The van der Waals surface area contributed by atoms with Gasteiger partial charge in [0, 0.05) is 5.69 Å². The molecule has 148 valence electrons. The molecule has 2 aromatic carbocycles. The first-order chi connectivity index (χ1) is 13.1. The van der Waals surface area contributed by atoms with Crippen LogP contribution in [0.5, 0.6) is 0 Å². The quantitative estimate of drug-likeness (QED) is 0.760. The van der Waals surface area contributed by atoms with Crippen LogP contribution in [0, 0.1) is 0 Å². The highest BCUT2D eigenvalue weighted by atomic mass is 19.4. The van der Waals surface area contributed by atoms with Gasteiger partial charge in [0.1, 0.15) is 0 Å². The molecule has 0 radical (unpaired) electrons. The van der Waals surface area contributed by atoms with Crippen molar-refractivity contribution in [3.05, 3.63) is 65.7 Å². The van der Waals surface area contributed by atoms with Crippen molar-refractivity contribution >= 4 is 23.6 Å². The molecule has 0 bridgehead atoms. The summed E-state index contributed by atoms with van der Waals surface area (Å²) >= 11 is 0. The Balaban J connectivity index is 1.82. The Morgan fingerprint density at radius 1 is 1.00 bits per heavy atom. The SMILES string of the molecule is CC(OC(=O)Cc1ccc(C(F)(F)F)cc1)C(=O)NC(=O)Nc1ccccc1. The van der Waals surface area contributed by atoms with E-state index < -0.39 is 35.8 Å². The molecule has 6 nitrogen and oxygen atoms in total. The molecule has 2 aromatic rings. The van der Waals surface area contributed by atoms with Crippen molar-refractivity contribution < 1.29 is 32.3 Å². The number of ether oxygens (including phenoxy) is 1. The van der Waals surface area contributed by atoms with Gasteiger partial charge in [-0.2, -0.15) is 13.2 Å². The fourth-order valence-corrected chi connectivity index (χ4v) is 2.17. The maximum atomic E-state index is 12.5. The number of hydrogen-bond donors (Lipinski definition) is 2. The Hall–Kier alpha value is -3.36. The summed E-state index contributed by atoms with van der Waals surface area (Å²) in [6.45, 7) is 1.27. The van der Waals surface area contributed by atoms with E-state index in [9.17, 15) is 27.6 Å². The number of alkyl halides is 3. The van der Waals surface area contributed by atoms with Crippen LogP contribution >= 0.6 is 0 Å². The Kier molecular flexibility index (Phi) is 6.75. The van der Waals surface area contributed by atoms with E-state index >= 15 is 0 Å². The minimum absolute atomic E-state index is 0.299. The summed E-state index contributed by atoms with van der Waals surface area (Å²) in [6.07, 6.45) is -6.04. The van der Waals surface area contributed by atoms with Gasteiger partial charge < -0.3 is 10.1 Å². The molecule has 0 fully saturated rings. The van der Waals surface area contributed by atoms with Crippen LogP contribution in [0.15, 0.2) is 54.6 Å². The highest BCUT2D eigenvalue weighted by molar-refractivity contribution is 6.02. The highest BCUT2D eigenvalue weighted by Crippen LogP contribution is 2.29. The number of urea groups is 1. The van der Waals surface area contributed by atoms with E-state index in [1.165, 1.54) is 6.92 Å². The van der Waals surface area contributed by atoms with Crippen molar-refractivity contribution in [1.29, 1.82) is 0 Å². The van der Waals surface area contributed by atoms with Crippen LogP contribution < -0.4 is 10.6 Å². The van der Waals surface area contributed by atoms with E-state index in [0.29, 0.717) is 11.3 Å². The zero-order valence-electron chi connectivity index (χ0n) is 14.7. The molecule has 0 heterocycles. The van der Waals surface area contributed by atoms with Crippen LogP contribution in [0.3, 0.4) is 0 Å². The van der Waals surface area contributed by atoms with E-state index in [1.807, 2.05) is 5.32 Å². The van der Waals surface area contributed by atoms with Crippen molar-refractivity contribution in [2.45, 2.75) is 25.6 Å². The zero-order valence-corrected chi connectivity index (χ0v) is 14.7. The van der Waals surface area contributed by atoms with Gasteiger partial charge in [-0.25, -0.2) is 4.79 Å². The number of esters is 1. The van der Waals surface area contributed by atoms with Gasteiger partial charge >= 0.3 is 18.2 Å². The molecule has 0 saturated carbocycles. The first-order valence-electron chi connectivity index (χ1n) is 8.17. The predicted molar refractivity (Wildman–Crippen MR) is 94.3 cm³/mol. The molecule has 0 spiro atoms. The van der Waals surface area contributed by atoms with Crippen LogP contribution in [0.25, 0.3) is 0 Å². The number of para-hydroxylation sites is 1. The number of halogens is 3. The molecular weight excluding hydrogens is 377 g/mol. The lowest BCUT2D eigenvalue weighted by molar-refractivity contribution is -0.153. The van der Waals surface area contributed by atoms with Crippen LogP contribution in [0.4, 0.5) is 23.7 Å². The monoisotopic (exact) mass is 394 g/mol. The first kappa shape index (κ1) is 20.9. The Bertz CT molecular complexity index is 837. The largest absolute Gasteiger partial charge is 0.452 e. The number of rotatable bonds is 5. The third kappa shape index (κ3) is 6.42. The van der Waals surface area contributed by atoms with Crippen molar-refractivity contribution in [3.8, 4) is 0 Å². The van der Waals surface area contributed by atoms with E-state index in [2.05, 4.69) is 5.32 Å². The molecule has 0 saturated heterocycles. The van der Waals surface area contributed by atoms with Gasteiger partial charge in [0.25, 0.3) is 5.91 Å². The number of hydrogen-bond acceptors (Lipinski definition) is 4. The molecule has 2 N–H and O–H groups in total. The number of imide groups is 1. The van der Waals surface area contributed by atoms with Crippen molar-refractivity contribution in [2.75, 3.05) is 5.32 Å². The molecule has 28 heavy (non-hydrogen) atoms. The second kappa shape index (κ2) is 9.03. The van der Waals surface area contributed by atoms with E-state index in [4.69, 9.17) is 4.74 Å². The van der Waals surface area contributed by atoms with Gasteiger partial charge in [-0.05, 0) is 36.8 Å². The Morgan fingerprint density at radius 2 is 1.61 bits per heavy atom. The molecule has 0 aliphatic rings. The molecule has 3 amide bonds. The van der Waals surface area contributed by atoms with Crippen molar-refractivity contribution in [1.82, 2.24) is 5.32 Å². The molecule has 0 aromatic heterocycles. The molecule has 1 atom stereocenters. The van der Waals surface area contributed by atoms with Gasteiger partial charge in [-0.3, -0.25) is 14.9 Å². The Labute approximate surface area is 158 Å². The molecular formula is C19H17F3N2O4. The lowest BCUT2D eigenvalue weighted by Crippen LogP contribution is -2.41. The Morgan fingerprint density at radius 3 is 2.18 bits per heavy atom. The number of carbonyl (C=O) groups is 3. The topological polar surface area (TPSA) is 84.5 Å². The standard InChI is InChI=1S/C19H17F3N2O4/c1-12(17(26)24-18(27)23-15-5-3-2-4-6-15)28-16(25)11-13-7-9-14(10-8-13)19(20,21)22/h2-10,12H,11H2,1H3,(H2,23,24,26,27). The second-order valence-electron chi connectivity index (χ2n) is 5.81. The molecule has 1 unspecified atom stereocenters. The number of anilines is 1. The van der Waals surface area contributed by atoms with Crippen molar-refractivity contribution in [3.63, 3.8) is 0 Å². The summed E-state index contributed by atoms with van der Waals surface area (Å²) < 4.78 is 42.5. The zero-order chi connectivity index (χ0) is 20.7. The van der Waals surface area contributed by atoms with Crippen molar-refractivity contribution in [2.24, 2.45) is 0 Å². The maximum absolute atomic E-state index is 12.5. The van der Waals surface area contributed by atoms with Crippen LogP contribution in [-0.2, 0) is 26.9 Å². The van der Waals surface area contributed by atoms with Gasteiger partial charge in [-0.1, -0.05) is 30.3 Å². The summed E-state index contributed by atoms with van der Waals surface area (Å²) in [5.74, 6) is -1.65. The number of nitrogens with one attached hydrogen (secondary N) is 2. The third-order valence-corrected chi connectivity index (χ3v) is 3.58. The van der Waals surface area contributed by atoms with Gasteiger partial charge in [0.15, 0.2) is 6.10 Å². The lowest BCUT2D eigenvalue weighted by Gasteiger charge is -2.13. The average Bonchev–Trinajstić information content (AvgIpc) is 2.62. The van der Waals surface area contributed by atoms with E-state index in [0.717, 1.165) is 24.3 Å². The lowest BCUT2D eigenvalue weighted by atomic mass is 10.1. The number of carbonyl (C=O) groups excluding carboxylic acids is 3. The average molecular weight is 394 g/mol. The van der Waals surface area contributed by atoms with Crippen LogP contribution in [-0.4, -0.2) is 24.0 Å². The molecule has 0 aliphatic heterocycles. The summed E-state index contributed by atoms with van der Waals surface area (Å²) in [6, 6.07) is 11.6. The second-order valence-corrected chi connectivity index (χ2v) is 5.81. The smallest absolute Gasteiger partial charge is 0.416 e. The minimum Gasteiger partial charge on any atom is -0.452 e. The predicted octanol–water partition coefficient (Wildman–Crippen LogP) is 3.53. The highest BCUT2D eigenvalue weighted by Gasteiger charge is 2.30. The third-order valence-electron chi connectivity index (χ3n) is 3.58. The van der Waals surface area contributed by atoms with E-state index in [1.54, 1.807) is 30.3 Å². The number of benzene rings is 2. The normalized spacial score (nSPS) is 12.0. The molecule has 2 rings (SSSR count).